The first-order valence-electron chi connectivity index (χ1n) is 6.69. The van der Waals surface area contributed by atoms with Crippen molar-refractivity contribution < 1.29 is 4.74 Å². The molecule has 0 bridgehead atoms. The first-order valence-corrected chi connectivity index (χ1v) is 7.07. The van der Waals surface area contributed by atoms with Gasteiger partial charge in [-0.1, -0.05) is 30.7 Å². The highest BCUT2D eigenvalue weighted by molar-refractivity contribution is 6.30. The zero-order chi connectivity index (χ0) is 14.4. The van der Waals surface area contributed by atoms with Crippen LogP contribution >= 0.6 is 11.6 Å². The summed E-state index contributed by atoms with van der Waals surface area (Å²) in [7, 11) is 0. The minimum Gasteiger partial charge on any atom is -0.472 e. The Hall–Kier alpha value is -1.81. The number of ether oxygens (including phenoxy) is 1. The second kappa shape index (κ2) is 7.10. The third kappa shape index (κ3) is 3.61. The number of hydrogen-bond donors (Lipinski definition) is 1. The summed E-state index contributed by atoms with van der Waals surface area (Å²) < 4.78 is 5.81. The normalized spacial score (nSPS) is 10.3. The molecule has 1 heterocycles. The molecule has 0 amide bonds. The van der Waals surface area contributed by atoms with Crippen molar-refractivity contribution in [1.29, 1.82) is 0 Å². The van der Waals surface area contributed by atoms with Gasteiger partial charge in [-0.2, -0.15) is 0 Å². The van der Waals surface area contributed by atoms with Crippen LogP contribution in [0.2, 0.25) is 5.02 Å². The van der Waals surface area contributed by atoms with Crippen LogP contribution in [-0.2, 0) is 13.0 Å². The molecule has 0 aliphatic heterocycles. The summed E-state index contributed by atoms with van der Waals surface area (Å²) in [6.45, 7) is 5.35. The maximum absolute atomic E-state index is 5.96. The molecule has 0 fully saturated rings. The number of benzene rings is 1. The Morgan fingerprint density at radius 2 is 2.10 bits per heavy atom. The quantitative estimate of drug-likeness (QED) is 0.881. The molecule has 5 heteroatoms. The zero-order valence-electron chi connectivity index (χ0n) is 11.7. The standard InChI is InChI=1S/C15H18ClN3O/c1-3-13-14(17-4-2)18-10-19-15(13)20-9-11-6-5-7-12(16)8-11/h5-8,10H,3-4,9H2,1-2H3,(H,17,18,19). The Bertz CT molecular complexity index is 575. The number of rotatable bonds is 6. The lowest BCUT2D eigenvalue weighted by Gasteiger charge is -2.13. The van der Waals surface area contributed by atoms with Crippen LogP contribution in [0.3, 0.4) is 0 Å². The van der Waals surface area contributed by atoms with Crippen LogP contribution in [0.5, 0.6) is 5.88 Å². The van der Waals surface area contributed by atoms with Gasteiger partial charge in [-0.25, -0.2) is 9.97 Å². The molecule has 0 aliphatic carbocycles. The lowest BCUT2D eigenvalue weighted by atomic mass is 10.2. The van der Waals surface area contributed by atoms with Crippen LogP contribution in [0.15, 0.2) is 30.6 Å². The lowest BCUT2D eigenvalue weighted by Crippen LogP contribution is -2.07. The first kappa shape index (κ1) is 14.6. The lowest BCUT2D eigenvalue weighted by molar-refractivity contribution is 0.290. The van der Waals surface area contributed by atoms with Gasteiger partial charge in [0.1, 0.15) is 18.8 Å². The predicted octanol–water partition coefficient (Wildman–Crippen LogP) is 3.70. The van der Waals surface area contributed by atoms with Crippen molar-refractivity contribution in [2.75, 3.05) is 11.9 Å². The Kier molecular flexibility index (Phi) is 5.18. The summed E-state index contributed by atoms with van der Waals surface area (Å²) in [6.07, 6.45) is 2.33. The van der Waals surface area contributed by atoms with E-state index < -0.39 is 0 Å². The van der Waals surface area contributed by atoms with E-state index in [1.165, 1.54) is 6.33 Å². The molecule has 0 saturated heterocycles. The number of aromatic nitrogens is 2. The molecule has 2 rings (SSSR count). The first-order chi connectivity index (χ1) is 9.74. The zero-order valence-corrected chi connectivity index (χ0v) is 12.4. The van der Waals surface area contributed by atoms with Crippen LogP contribution in [0, 0.1) is 0 Å². The Balaban J connectivity index is 2.14. The summed E-state index contributed by atoms with van der Waals surface area (Å²) >= 11 is 5.96. The average Bonchev–Trinajstić information content (AvgIpc) is 2.45. The van der Waals surface area contributed by atoms with E-state index in [9.17, 15) is 0 Å². The average molecular weight is 292 g/mol. The van der Waals surface area contributed by atoms with Crippen LogP contribution in [0.25, 0.3) is 0 Å². The maximum Gasteiger partial charge on any atom is 0.222 e. The van der Waals surface area contributed by atoms with Crippen molar-refractivity contribution in [3.05, 3.63) is 46.7 Å². The van der Waals surface area contributed by atoms with Crippen molar-refractivity contribution in [3.63, 3.8) is 0 Å². The van der Waals surface area contributed by atoms with Gasteiger partial charge >= 0.3 is 0 Å². The van der Waals surface area contributed by atoms with E-state index in [0.29, 0.717) is 17.5 Å². The predicted molar refractivity (Wildman–Crippen MR) is 81.4 cm³/mol. The van der Waals surface area contributed by atoms with Gasteiger partial charge in [-0.3, -0.25) is 0 Å². The van der Waals surface area contributed by atoms with Crippen LogP contribution in [0.1, 0.15) is 25.0 Å². The minimum atomic E-state index is 0.441. The second-order valence-electron chi connectivity index (χ2n) is 4.31. The molecule has 0 radical (unpaired) electrons. The van der Waals surface area contributed by atoms with E-state index in [1.54, 1.807) is 0 Å². The fourth-order valence-corrected chi connectivity index (χ4v) is 2.15. The minimum absolute atomic E-state index is 0.441. The fraction of sp³-hybridized carbons (Fsp3) is 0.333. The molecule has 20 heavy (non-hydrogen) atoms. The number of hydrogen-bond acceptors (Lipinski definition) is 4. The van der Waals surface area contributed by atoms with Crippen LogP contribution in [-0.4, -0.2) is 16.5 Å². The van der Waals surface area contributed by atoms with Gasteiger partial charge in [0.15, 0.2) is 0 Å². The van der Waals surface area contributed by atoms with Gasteiger partial charge in [0.25, 0.3) is 0 Å². The van der Waals surface area contributed by atoms with Crippen LogP contribution < -0.4 is 10.1 Å². The van der Waals surface area contributed by atoms with E-state index in [-0.39, 0.29) is 0 Å². The molecule has 2 aromatic rings. The molecule has 0 unspecified atom stereocenters. The number of nitrogens with zero attached hydrogens (tertiary/aromatic N) is 2. The Morgan fingerprint density at radius 3 is 2.80 bits per heavy atom. The molecule has 1 N–H and O–H groups in total. The molecule has 0 spiro atoms. The SMILES string of the molecule is CCNc1ncnc(OCc2cccc(Cl)c2)c1CC. The summed E-state index contributed by atoms with van der Waals surface area (Å²) in [4.78, 5) is 8.47. The Labute approximate surface area is 124 Å². The summed E-state index contributed by atoms with van der Waals surface area (Å²) in [5.41, 5.74) is 2.01. The molecular formula is C15H18ClN3O. The van der Waals surface area contributed by atoms with Crippen LogP contribution in [0.4, 0.5) is 5.82 Å². The fourth-order valence-electron chi connectivity index (χ4n) is 1.94. The molecule has 0 atom stereocenters. The molecule has 0 aliphatic rings. The van der Waals surface area contributed by atoms with Crippen molar-refractivity contribution in [1.82, 2.24) is 9.97 Å². The van der Waals surface area contributed by atoms with E-state index >= 15 is 0 Å². The van der Waals surface area contributed by atoms with Gasteiger partial charge in [-0.15, -0.1) is 0 Å². The maximum atomic E-state index is 5.96. The summed E-state index contributed by atoms with van der Waals surface area (Å²) in [6, 6.07) is 7.62. The largest absolute Gasteiger partial charge is 0.472 e. The number of anilines is 1. The monoisotopic (exact) mass is 291 g/mol. The highest BCUT2D eigenvalue weighted by Crippen LogP contribution is 2.23. The number of halogens is 1. The molecule has 106 valence electrons. The second-order valence-corrected chi connectivity index (χ2v) is 4.74. The molecule has 1 aromatic heterocycles. The van der Waals surface area contributed by atoms with E-state index in [1.807, 2.05) is 31.2 Å². The summed E-state index contributed by atoms with van der Waals surface area (Å²) in [5.74, 6) is 1.46. The van der Waals surface area contributed by atoms with Gasteiger partial charge in [0.2, 0.25) is 5.88 Å². The van der Waals surface area contributed by atoms with Crippen molar-refractivity contribution in [2.24, 2.45) is 0 Å². The van der Waals surface area contributed by atoms with E-state index in [0.717, 1.165) is 29.9 Å². The third-order valence-electron chi connectivity index (χ3n) is 2.87. The molecule has 4 nitrogen and oxygen atoms in total. The van der Waals surface area contributed by atoms with Crippen molar-refractivity contribution in [2.45, 2.75) is 26.9 Å². The molecular weight excluding hydrogens is 274 g/mol. The van der Waals surface area contributed by atoms with Gasteiger partial charge < -0.3 is 10.1 Å². The van der Waals surface area contributed by atoms with Crippen molar-refractivity contribution >= 4 is 17.4 Å². The number of nitrogens with one attached hydrogen (secondary N) is 1. The highest BCUT2D eigenvalue weighted by atomic mass is 35.5. The van der Waals surface area contributed by atoms with E-state index in [2.05, 4.69) is 22.2 Å². The molecule has 1 aromatic carbocycles. The van der Waals surface area contributed by atoms with Gasteiger partial charge in [-0.05, 0) is 31.0 Å². The Morgan fingerprint density at radius 1 is 1.25 bits per heavy atom. The van der Waals surface area contributed by atoms with Crippen molar-refractivity contribution in [3.8, 4) is 5.88 Å². The highest BCUT2D eigenvalue weighted by Gasteiger charge is 2.10. The van der Waals surface area contributed by atoms with E-state index in [4.69, 9.17) is 16.3 Å². The molecule has 0 saturated carbocycles. The summed E-state index contributed by atoms with van der Waals surface area (Å²) in [5, 5.41) is 3.93. The third-order valence-corrected chi connectivity index (χ3v) is 3.10. The smallest absolute Gasteiger partial charge is 0.222 e. The van der Waals surface area contributed by atoms with Gasteiger partial charge in [0, 0.05) is 11.6 Å². The topological polar surface area (TPSA) is 47.0 Å². The van der Waals surface area contributed by atoms with Gasteiger partial charge in [0.05, 0.1) is 5.56 Å².